The average molecular weight is 329 g/mol. The highest BCUT2D eigenvalue weighted by Gasteiger charge is 2.58. The Kier molecular flexibility index (Phi) is 6.00. The first-order chi connectivity index (χ1) is 10.8. The van der Waals surface area contributed by atoms with Crippen LogP contribution < -0.4 is 4.74 Å². The van der Waals surface area contributed by atoms with Crippen molar-refractivity contribution in [3.05, 3.63) is 39.9 Å². The maximum absolute atomic E-state index is 15.2. The van der Waals surface area contributed by atoms with Crippen LogP contribution in [0, 0.1) is 10.1 Å². The molecule has 0 N–H and O–H groups in total. The van der Waals surface area contributed by atoms with Gasteiger partial charge in [0.05, 0.1) is 21.3 Å². The number of benzene rings is 1. The van der Waals surface area contributed by atoms with Crippen molar-refractivity contribution < 1.29 is 33.1 Å². The first-order valence-corrected chi connectivity index (χ1v) is 6.42. The number of rotatable bonds is 7. The van der Waals surface area contributed by atoms with Crippen LogP contribution in [0.1, 0.15) is 11.5 Å². The Morgan fingerprint density at radius 2 is 1.65 bits per heavy atom. The summed E-state index contributed by atoms with van der Waals surface area (Å²) in [6.07, 6.45) is 0. The van der Waals surface area contributed by atoms with E-state index >= 15 is 4.39 Å². The highest BCUT2D eigenvalue weighted by atomic mass is 19.1. The van der Waals surface area contributed by atoms with Crippen LogP contribution in [-0.2, 0) is 19.1 Å². The lowest BCUT2D eigenvalue weighted by Crippen LogP contribution is -2.51. The molecular weight excluding hydrogens is 313 g/mol. The molecule has 0 aromatic heterocycles. The van der Waals surface area contributed by atoms with Crippen molar-refractivity contribution in [3.8, 4) is 5.75 Å². The molecule has 0 heterocycles. The summed E-state index contributed by atoms with van der Waals surface area (Å²) in [4.78, 5) is 33.7. The first kappa shape index (κ1) is 18.3. The molecule has 0 aliphatic heterocycles. The van der Waals surface area contributed by atoms with Crippen molar-refractivity contribution >= 4 is 11.9 Å². The van der Waals surface area contributed by atoms with Crippen molar-refractivity contribution in [2.45, 2.75) is 11.6 Å². The summed E-state index contributed by atoms with van der Waals surface area (Å²) in [7, 11) is 3.15. The molecule has 0 bridgehead atoms. The minimum absolute atomic E-state index is 0.0563. The molecule has 0 amide bonds. The maximum Gasteiger partial charge on any atom is 0.356 e. The lowest BCUT2D eigenvalue weighted by atomic mass is 9.83. The molecule has 0 saturated heterocycles. The maximum atomic E-state index is 15.2. The molecule has 0 saturated carbocycles. The zero-order valence-corrected chi connectivity index (χ0v) is 12.8. The first-order valence-electron chi connectivity index (χ1n) is 6.42. The standard InChI is InChI=1S/C14H16FNO7/c1-21-10-6-4-9(5-7-10)11(8-16(19)20)14(15,12(17)22-2)13(18)23-3/h4-7,11H,8H2,1-3H3/t11-/m1/s1. The number of hydrogen-bond donors (Lipinski definition) is 0. The van der Waals surface area contributed by atoms with Crippen molar-refractivity contribution in [1.29, 1.82) is 0 Å². The fraction of sp³-hybridized carbons (Fsp3) is 0.429. The van der Waals surface area contributed by atoms with Crippen molar-refractivity contribution in [2.75, 3.05) is 27.9 Å². The van der Waals surface area contributed by atoms with Gasteiger partial charge in [-0.05, 0) is 17.7 Å². The topological polar surface area (TPSA) is 105 Å². The molecule has 1 aromatic rings. The van der Waals surface area contributed by atoms with E-state index in [-0.39, 0.29) is 5.56 Å². The molecule has 1 atom stereocenters. The monoisotopic (exact) mass is 329 g/mol. The summed E-state index contributed by atoms with van der Waals surface area (Å²) >= 11 is 0. The molecule has 0 unspecified atom stereocenters. The minimum atomic E-state index is -3.34. The van der Waals surface area contributed by atoms with E-state index in [1.807, 2.05) is 0 Å². The number of halogens is 1. The Bertz CT molecular complexity index is 571. The van der Waals surface area contributed by atoms with Gasteiger partial charge in [0.15, 0.2) is 0 Å². The largest absolute Gasteiger partial charge is 0.497 e. The molecule has 126 valence electrons. The molecule has 8 nitrogen and oxygen atoms in total. The Morgan fingerprint density at radius 1 is 1.17 bits per heavy atom. The van der Waals surface area contributed by atoms with Gasteiger partial charge in [0.2, 0.25) is 6.54 Å². The second-order valence-corrected chi connectivity index (χ2v) is 4.54. The number of hydrogen-bond acceptors (Lipinski definition) is 7. The van der Waals surface area contributed by atoms with Gasteiger partial charge < -0.3 is 14.2 Å². The van der Waals surface area contributed by atoms with Crippen LogP contribution in [0.4, 0.5) is 4.39 Å². The molecule has 9 heteroatoms. The zero-order chi connectivity index (χ0) is 17.6. The van der Waals surface area contributed by atoms with Gasteiger partial charge in [-0.2, -0.15) is 0 Å². The number of carbonyl (C=O) groups excluding carboxylic acids is 2. The Morgan fingerprint density at radius 3 is 2.00 bits per heavy atom. The van der Waals surface area contributed by atoms with Gasteiger partial charge >= 0.3 is 17.6 Å². The summed E-state index contributed by atoms with van der Waals surface area (Å²) in [5.41, 5.74) is -3.29. The lowest BCUT2D eigenvalue weighted by molar-refractivity contribution is -0.485. The van der Waals surface area contributed by atoms with Crippen LogP contribution in [-0.4, -0.2) is 50.4 Å². The van der Waals surface area contributed by atoms with Crippen LogP contribution in [0.15, 0.2) is 24.3 Å². The summed E-state index contributed by atoms with van der Waals surface area (Å²) in [5, 5.41) is 10.9. The van der Waals surface area contributed by atoms with E-state index in [0.717, 1.165) is 14.2 Å². The fourth-order valence-electron chi connectivity index (χ4n) is 2.11. The molecule has 1 rings (SSSR count). The lowest BCUT2D eigenvalue weighted by Gasteiger charge is -2.26. The van der Waals surface area contributed by atoms with E-state index in [1.54, 1.807) is 0 Å². The summed E-state index contributed by atoms with van der Waals surface area (Å²) in [6, 6.07) is 5.51. The van der Waals surface area contributed by atoms with Crippen LogP contribution in [0.5, 0.6) is 5.75 Å². The molecule has 0 aliphatic carbocycles. The van der Waals surface area contributed by atoms with Gasteiger partial charge in [-0.1, -0.05) is 12.1 Å². The predicted octanol–water partition coefficient (Wildman–Crippen LogP) is 1.11. The van der Waals surface area contributed by atoms with Gasteiger partial charge in [-0.15, -0.1) is 0 Å². The smallest absolute Gasteiger partial charge is 0.356 e. The Balaban J connectivity index is 3.42. The number of alkyl halides is 1. The number of esters is 2. The number of ether oxygens (including phenoxy) is 3. The molecule has 0 fully saturated rings. The highest BCUT2D eigenvalue weighted by Crippen LogP contribution is 2.35. The SMILES string of the molecule is COC(=O)C(F)(C(=O)OC)[C@H](C[N+](=O)[O-])c1ccc(OC)cc1. The minimum Gasteiger partial charge on any atom is -0.497 e. The normalized spacial score (nSPS) is 12.2. The highest BCUT2D eigenvalue weighted by molar-refractivity contribution is 6.04. The van der Waals surface area contributed by atoms with E-state index < -0.39 is 35.0 Å². The molecule has 23 heavy (non-hydrogen) atoms. The van der Waals surface area contributed by atoms with E-state index in [0.29, 0.717) is 5.75 Å². The number of methoxy groups -OCH3 is 3. The second kappa shape index (κ2) is 7.52. The molecule has 1 aromatic carbocycles. The van der Waals surface area contributed by atoms with Gasteiger partial charge in [0.25, 0.3) is 0 Å². The third-order valence-electron chi connectivity index (χ3n) is 3.29. The second-order valence-electron chi connectivity index (χ2n) is 4.54. The van der Waals surface area contributed by atoms with E-state index in [9.17, 15) is 19.7 Å². The van der Waals surface area contributed by atoms with Crippen LogP contribution in [0.3, 0.4) is 0 Å². The van der Waals surface area contributed by atoms with Crippen molar-refractivity contribution in [3.63, 3.8) is 0 Å². The average Bonchev–Trinajstić information content (AvgIpc) is 2.57. The summed E-state index contributed by atoms with van der Waals surface area (Å²) in [5.74, 6) is -4.42. The summed E-state index contributed by atoms with van der Waals surface area (Å²) in [6.45, 7) is -1.01. The zero-order valence-electron chi connectivity index (χ0n) is 12.8. The van der Waals surface area contributed by atoms with Crippen LogP contribution >= 0.6 is 0 Å². The van der Waals surface area contributed by atoms with E-state index in [1.165, 1.54) is 31.4 Å². The van der Waals surface area contributed by atoms with E-state index in [2.05, 4.69) is 9.47 Å². The fourth-order valence-corrected chi connectivity index (χ4v) is 2.11. The number of nitrogens with zero attached hydrogens (tertiary/aromatic N) is 1. The van der Waals surface area contributed by atoms with E-state index in [4.69, 9.17) is 4.74 Å². The van der Waals surface area contributed by atoms with Gasteiger partial charge in [0.1, 0.15) is 11.7 Å². The third-order valence-corrected chi connectivity index (χ3v) is 3.29. The Labute approximate surface area is 131 Å². The van der Waals surface area contributed by atoms with Gasteiger partial charge in [0, 0.05) is 4.92 Å². The summed E-state index contributed by atoms with van der Waals surface area (Å²) < 4.78 is 28.7. The van der Waals surface area contributed by atoms with Gasteiger partial charge in [-0.3, -0.25) is 10.1 Å². The number of carbonyl (C=O) groups is 2. The molecule has 0 aliphatic rings. The van der Waals surface area contributed by atoms with Crippen molar-refractivity contribution in [1.82, 2.24) is 0 Å². The van der Waals surface area contributed by atoms with Gasteiger partial charge in [-0.25, -0.2) is 14.0 Å². The molecule has 0 radical (unpaired) electrons. The van der Waals surface area contributed by atoms with Crippen LogP contribution in [0.25, 0.3) is 0 Å². The molecule has 0 spiro atoms. The third kappa shape index (κ3) is 3.74. The quantitative estimate of drug-likeness (QED) is 0.319. The Hall–Kier alpha value is -2.71. The predicted molar refractivity (Wildman–Crippen MR) is 75.5 cm³/mol. The molecular formula is C14H16FNO7. The van der Waals surface area contributed by atoms with Crippen LogP contribution in [0.2, 0.25) is 0 Å². The number of nitro groups is 1. The van der Waals surface area contributed by atoms with Crippen molar-refractivity contribution in [2.24, 2.45) is 0 Å².